The number of hydrogen-bond donors (Lipinski definition) is 2. The van der Waals surface area contributed by atoms with E-state index in [1.165, 1.54) is 17.7 Å². The molecule has 154 valence electrons. The molecule has 0 bridgehead atoms. The SMILES string of the molecule is CN=C(NCc1ccc(N(C)C)cc1)NCC1CCCOC1C(C)(C)C.I. The van der Waals surface area contributed by atoms with Crippen LogP contribution in [-0.2, 0) is 11.3 Å². The first-order chi connectivity index (χ1) is 12.3. The molecule has 1 aromatic carbocycles. The number of nitrogens with one attached hydrogen (secondary N) is 2. The summed E-state index contributed by atoms with van der Waals surface area (Å²) in [7, 11) is 5.93. The molecule has 6 heteroatoms. The van der Waals surface area contributed by atoms with Crippen molar-refractivity contribution in [2.75, 3.05) is 39.2 Å². The highest BCUT2D eigenvalue weighted by atomic mass is 127. The Hall–Kier alpha value is -1.02. The zero-order valence-electron chi connectivity index (χ0n) is 17.7. The minimum absolute atomic E-state index is 0. The van der Waals surface area contributed by atoms with E-state index in [4.69, 9.17) is 4.74 Å². The maximum absolute atomic E-state index is 6.08. The van der Waals surface area contributed by atoms with E-state index in [0.717, 1.165) is 32.1 Å². The Labute approximate surface area is 182 Å². The van der Waals surface area contributed by atoms with Crippen molar-refractivity contribution in [2.24, 2.45) is 16.3 Å². The second-order valence-electron chi connectivity index (χ2n) is 8.43. The van der Waals surface area contributed by atoms with Gasteiger partial charge in [-0.2, -0.15) is 0 Å². The molecule has 1 heterocycles. The van der Waals surface area contributed by atoms with Crippen LogP contribution in [-0.4, -0.2) is 46.4 Å². The summed E-state index contributed by atoms with van der Waals surface area (Å²) in [5.41, 5.74) is 2.62. The lowest BCUT2D eigenvalue weighted by Gasteiger charge is -2.40. The van der Waals surface area contributed by atoms with Crippen molar-refractivity contribution in [1.82, 2.24) is 10.6 Å². The number of guanidine groups is 1. The van der Waals surface area contributed by atoms with Gasteiger partial charge in [0.05, 0.1) is 6.10 Å². The summed E-state index contributed by atoms with van der Waals surface area (Å²) in [6, 6.07) is 8.58. The molecule has 2 unspecified atom stereocenters. The van der Waals surface area contributed by atoms with E-state index in [1.54, 1.807) is 0 Å². The van der Waals surface area contributed by atoms with Crippen LogP contribution in [0.4, 0.5) is 5.69 Å². The molecule has 1 fully saturated rings. The zero-order chi connectivity index (χ0) is 19.2. The van der Waals surface area contributed by atoms with Crippen LogP contribution in [0.3, 0.4) is 0 Å². The minimum atomic E-state index is 0. The first-order valence-electron chi connectivity index (χ1n) is 9.63. The molecule has 1 saturated heterocycles. The largest absolute Gasteiger partial charge is 0.378 e. The van der Waals surface area contributed by atoms with Gasteiger partial charge in [-0.3, -0.25) is 4.99 Å². The van der Waals surface area contributed by atoms with Crippen molar-refractivity contribution in [3.05, 3.63) is 29.8 Å². The van der Waals surface area contributed by atoms with E-state index in [-0.39, 0.29) is 29.4 Å². The van der Waals surface area contributed by atoms with Crippen molar-refractivity contribution in [2.45, 2.75) is 46.3 Å². The Balaban J connectivity index is 0.00000364. The Morgan fingerprint density at radius 1 is 1.19 bits per heavy atom. The molecule has 27 heavy (non-hydrogen) atoms. The van der Waals surface area contributed by atoms with Crippen LogP contribution in [0.25, 0.3) is 0 Å². The summed E-state index contributed by atoms with van der Waals surface area (Å²) in [5.74, 6) is 1.36. The first kappa shape index (κ1) is 24.0. The van der Waals surface area contributed by atoms with E-state index < -0.39 is 0 Å². The van der Waals surface area contributed by atoms with E-state index >= 15 is 0 Å². The maximum Gasteiger partial charge on any atom is 0.191 e. The van der Waals surface area contributed by atoms with Crippen molar-refractivity contribution >= 4 is 35.6 Å². The lowest BCUT2D eigenvalue weighted by Crippen LogP contribution is -2.47. The van der Waals surface area contributed by atoms with E-state index in [2.05, 4.69) is 79.7 Å². The van der Waals surface area contributed by atoms with Crippen molar-refractivity contribution in [1.29, 1.82) is 0 Å². The van der Waals surface area contributed by atoms with Gasteiger partial charge in [0, 0.05) is 52.4 Å². The fraction of sp³-hybridized carbons (Fsp3) is 0.667. The van der Waals surface area contributed by atoms with Crippen LogP contribution >= 0.6 is 24.0 Å². The van der Waals surface area contributed by atoms with E-state index in [9.17, 15) is 0 Å². The fourth-order valence-electron chi connectivity index (χ4n) is 3.56. The summed E-state index contributed by atoms with van der Waals surface area (Å²) in [6.45, 7) is 9.33. The monoisotopic (exact) mass is 488 g/mol. The van der Waals surface area contributed by atoms with Crippen LogP contribution in [0, 0.1) is 11.3 Å². The highest BCUT2D eigenvalue weighted by Crippen LogP contribution is 2.33. The quantitative estimate of drug-likeness (QED) is 0.375. The van der Waals surface area contributed by atoms with Crippen LogP contribution in [0.1, 0.15) is 39.2 Å². The van der Waals surface area contributed by atoms with E-state index in [1.807, 2.05) is 7.05 Å². The average molecular weight is 488 g/mol. The van der Waals surface area contributed by atoms with Crippen molar-refractivity contribution < 1.29 is 4.74 Å². The van der Waals surface area contributed by atoms with Gasteiger partial charge in [0.25, 0.3) is 0 Å². The molecule has 1 aliphatic heterocycles. The maximum atomic E-state index is 6.08. The summed E-state index contributed by atoms with van der Waals surface area (Å²) >= 11 is 0. The first-order valence-corrected chi connectivity index (χ1v) is 9.63. The third-order valence-electron chi connectivity index (χ3n) is 4.97. The van der Waals surface area contributed by atoms with Gasteiger partial charge in [0.15, 0.2) is 5.96 Å². The number of benzene rings is 1. The number of nitrogens with zero attached hydrogens (tertiary/aromatic N) is 2. The van der Waals surface area contributed by atoms with Crippen LogP contribution in [0.2, 0.25) is 0 Å². The molecule has 0 radical (unpaired) electrons. The molecule has 2 atom stereocenters. The second kappa shape index (κ2) is 11.1. The number of halogens is 1. The fourth-order valence-corrected chi connectivity index (χ4v) is 3.56. The number of anilines is 1. The zero-order valence-corrected chi connectivity index (χ0v) is 20.0. The lowest BCUT2D eigenvalue weighted by molar-refractivity contribution is -0.0835. The Kier molecular flexibility index (Phi) is 9.87. The third-order valence-corrected chi connectivity index (χ3v) is 4.97. The molecule has 0 saturated carbocycles. The molecule has 0 spiro atoms. The Morgan fingerprint density at radius 2 is 1.85 bits per heavy atom. The lowest BCUT2D eigenvalue weighted by atomic mass is 9.78. The van der Waals surface area contributed by atoms with Crippen molar-refractivity contribution in [3.8, 4) is 0 Å². The molecule has 2 N–H and O–H groups in total. The molecule has 0 amide bonds. The molecule has 0 aliphatic carbocycles. The molecule has 1 aliphatic rings. The normalized spacial score (nSPS) is 20.6. The molecule has 0 aromatic heterocycles. The van der Waals surface area contributed by atoms with Gasteiger partial charge in [-0.05, 0) is 36.0 Å². The number of rotatable bonds is 5. The van der Waals surface area contributed by atoms with Gasteiger partial charge in [0.1, 0.15) is 0 Å². The summed E-state index contributed by atoms with van der Waals surface area (Å²) in [4.78, 5) is 6.47. The standard InChI is InChI=1S/C21H36N4O.HI/c1-21(2,3)19-17(8-7-13-26-19)15-24-20(22-4)23-14-16-9-11-18(12-10-16)25(5)6;/h9-12,17,19H,7-8,13-15H2,1-6H3,(H2,22,23,24);1H. The predicted octanol–water partition coefficient (Wildman–Crippen LogP) is 3.88. The summed E-state index contributed by atoms with van der Waals surface area (Å²) in [5, 5.41) is 6.90. The summed E-state index contributed by atoms with van der Waals surface area (Å²) < 4.78 is 6.08. The highest BCUT2D eigenvalue weighted by Gasteiger charge is 2.35. The Morgan fingerprint density at radius 3 is 2.41 bits per heavy atom. The highest BCUT2D eigenvalue weighted by molar-refractivity contribution is 14.0. The van der Waals surface area contributed by atoms with Crippen LogP contribution < -0.4 is 15.5 Å². The number of aliphatic imine (C=N–C) groups is 1. The van der Waals surface area contributed by atoms with Crippen LogP contribution in [0.5, 0.6) is 0 Å². The van der Waals surface area contributed by atoms with Gasteiger partial charge >= 0.3 is 0 Å². The second-order valence-corrected chi connectivity index (χ2v) is 8.43. The topological polar surface area (TPSA) is 48.9 Å². The summed E-state index contributed by atoms with van der Waals surface area (Å²) in [6.07, 6.45) is 2.64. The Bertz CT molecular complexity index is 581. The molecule has 1 aromatic rings. The average Bonchev–Trinajstić information content (AvgIpc) is 2.61. The molecule has 5 nitrogen and oxygen atoms in total. The number of hydrogen-bond acceptors (Lipinski definition) is 3. The molecular formula is C21H37IN4O. The predicted molar refractivity (Wildman–Crippen MR) is 126 cm³/mol. The van der Waals surface area contributed by atoms with Crippen molar-refractivity contribution in [3.63, 3.8) is 0 Å². The van der Waals surface area contributed by atoms with Gasteiger partial charge in [0.2, 0.25) is 0 Å². The van der Waals surface area contributed by atoms with E-state index in [0.29, 0.717) is 12.0 Å². The minimum Gasteiger partial charge on any atom is -0.378 e. The molecular weight excluding hydrogens is 451 g/mol. The van der Waals surface area contributed by atoms with Gasteiger partial charge in [-0.15, -0.1) is 24.0 Å². The van der Waals surface area contributed by atoms with Crippen LogP contribution in [0.15, 0.2) is 29.3 Å². The van der Waals surface area contributed by atoms with Gasteiger partial charge in [-0.25, -0.2) is 0 Å². The third kappa shape index (κ3) is 7.49. The molecule has 2 rings (SSSR count). The smallest absolute Gasteiger partial charge is 0.191 e. The van der Waals surface area contributed by atoms with Gasteiger partial charge in [-0.1, -0.05) is 32.9 Å². The number of ether oxygens (including phenoxy) is 1. The van der Waals surface area contributed by atoms with Gasteiger partial charge < -0.3 is 20.3 Å².